The highest BCUT2D eigenvalue weighted by atomic mass is 19.2. The molecule has 1 fully saturated rings. The van der Waals surface area contributed by atoms with Crippen molar-refractivity contribution in [3.05, 3.63) is 60.4 Å². The number of methoxy groups -OCH3 is 1. The van der Waals surface area contributed by atoms with E-state index in [1.54, 1.807) is 6.07 Å². The predicted molar refractivity (Wildman–Crippen MR) is 159 cm³/mol. The average Bonchev–Trinajstić information content (AvgIpc) is 3.34. The lowest BCUT2D eigenvalue weighted by Crippen LogP contribution is -2.37. The second-order valence-corrected chi connectivity index (χ2v) is 10.7. The number of amides is 1. The smallest absolute Gasteiger partial charge is 0.247 e. The molecule has 2 heterocycles. The van der Waals surface area contributed by atoms with E-state index in [0.717, 1.165) is 43.8 Å². The number of benzene rings is 2. The van der Waals surface area contributed by atoms with E-state index in [4.69, 9.17) is 4.74 Å². The highest BCUT2D eigenvalue weighted by molar-refractivity contribution is 6.02. The summed E-state index contributed by atoms with van der Waals surface area (Å²) in [5.41, 5.74) is 0.454. The molecule has 1 aliphatic heterocycles. The van der Waals surface area contributed by atoms with Crippen LogP contribution in [-0.4, -0.2) is 71.2 Å². The van der Waals surface area contributed by atoms with Crippen LogP contribution in [0, 0.1) is 11.6 Å². The molecule has 1 aromatic heterocycles. The Morgan fingerprint density at radius 3 is 2.43 bits per heavy atom. The topological polar surface area (TPSA) is 128 Å². The maximum Gasteiger partial charge on any atom is 0.247 e. The Balaban J connectivity index is 1.65. The van der Waals surface area contributed by atoms with Gasteiger partial charge in [0.2, 0.25) is 17.8 Å². The van der Waals surface area contributed by atoms with Gasteiger partial charge >= 0.3 is 0 Å². The molecule has 1 atom stereocenters. The van der Waals surface area contributed by atoms with Crippen LogP contribution >= 0.6 is 0 Å². The Hall–Kier alpha value is -4.36. The molecule has 4 rings (SSSR count). The number of ether oxygens (including phenoxy) is 1. The zero-order valence-electron chi connectivity index (χ0n) is 24.3. The summed E-state index contributed by atoms with van der Waals surface area (Å²) >= 11 is 0. The fraction of sp³-hybridized carbons (Fsp3) is 0.379. The monoisotopic (exact) mass is 582 g/mol. The van der Waals surface area contributed by atoms with Gasteiger partial charge < -0.3 is 35.6 Å². The molecule has 0 spiro atoms. The van der Waals surface area contributed by atoms with Crippen molar-refractivity contribution in [1.82, 2.24) is 19.9 Å². The first kappa shape index (κ1) is 30.6. The van der Waals surface area contributed by atoms with Gasteiger partial charge in [-0.2, -0.15) is 4.98 Å². The van der Waals surface area contributed by atoms with Gasteiger partial charge in [0.05, 0.1) is 35.5 Å². The van der Waals surface area contributed by atoms with Crippen LogP contribution in [0.15, 0.2) is 43.2 Å². The third kappa shape index (κ3) is 7.09. The Bertz CT molecular complexity index is 1460. The number of halogens is 2. The SMILES string of the molecule is C=CC(=O)Nc1cc(Nc2ncnc(Nc3cc(F)c(F)cc3C(C)(C)O)n2)c(OC)cc1N(C)CC1CCCN1C. The third-order valence-corrected chi connectivity index (χ3v) is 7.11. The van der Waals surface area contributed by atoms with Crippen LogP contribution in [0.1, 0.15) is 32.3 Å². The zero-order chi connectivity index (χ0) is 30.6. The quantitative estimate of drug-likeness (QED) is 0.240. The number of nitrogens with zero attached hydrogens (tertiary/aromatic N) is 5. The molecule has 0 saturated carbocycles. The molecule has 1 saturated heterocycles. The Morgan fingerprint density at radius 2 is 1.83 bits per heavy atom. The fourth-order valence-corrected chi connectivity index (χ4v) is 4.87. The van der Waals surface area contributed by atoms with Crippen molar-refractivity contribution in [3.63, 3.8) is 0 Å². The van der Waals surface area contributed by atoms with Crippen molar-refractivity contribution in [2.24, 2.45) is 0 Å². The average molecular weight is 583 g/mol. The molecule has 11 nitrogen and oxygen atoms in total. The van der Waals surface area contributed by atoms with Gasteiger partial charge in [-0.3, -0.25) is 4.79 Å². The van der Waals surface area contributed by atoms with E-state index >= 15 is 0 Å². The number of likely N-dealkylation sites (tertiary alicyclic amines) is 1. The number of carbonyl (C=O) groups excluding carboxylic acids is 1. The lowest BCUT2D eigenvalue weighted by atomic mass is 9.96. The first-order chi connectivity index (χ1) is 19.9. The molecular formula is C29H36F2N8O3. The van der Waals surface area contributed by atoms with Crippen molar-refractivity contribution < 1.29 is 23.4 Å². The van der Waals surface area contributed by atoms with Crippen molar-refractivity contribution in [1.29, 1.82) is 0 Å². The Morgan fingerprint density at radius 1 is 1.17 bits per heavy atom. The summed E-state index contributed by atoms with van der Waals surface area (Å²) in [6.45, 7) is 8.26. The number of likely N-dealkylation sites (N-methyl/N-ethyl adjacent to an activating group) is 2. The van der Waals surface area contributed by atoms with Gasteiger partial charge in [0.1, 0.15) is 12.1 Å². The normalized spacial score (nSPS) is 15.3. The number of aromatic nitrogens is 3. The van der Waals surface area contributed by atoms with E-state index in [1.165, 1.54) is 33.4 Å². The number of rotatable bonds is 11. The summed E-state index contributed by atoms with van der Waals surface area (Å²) < 4.78 is 33.6. The summed E-state index contributed by atoms with van der Waals surface area (Å²) in [6, 6.07) is 5.75. The molecule has 13 heteroatoms. The van der Waals surface area contributed by atoms with E-state index in [1.807, 2.05) is 13.1 Å². The molecule has 42 heavy (non-hydrogen) atoms. The Kier molecular flexibility index (Phi) is 9.22. The first-order valence-electron chi connectivity index (χ1n) is 13.4. The molecular weight excluding hydrogens is 546 g/mol. The lowest BCUT2D eigenvalue weighted by Gasteiger charge is -2.29. The van der Waals surface area contributed by atoms with E-state index in [-0.39, 0.29) is 29.1 Å². The van der Waals surface area contributed by atoms with Gasteiger partial charge in [0.25, 0.3) is 0 Å². The number of hydrogen-bond acceptors (Lipinski definition) is 10. The minimum absolute atomic E-state index is 0.0141. The highest BCUT2D eigenvalue weighted by Gasteiger charge is 2.25. The number of carbonyl (C=O) groups is 1. The molecule has 1 amide bonds. The van der Waals surface area contributed by atoms with E-state index in [2.05, 4.69) is 54.3 Å². The maximum absolute atomic E-state index is 14.1. The highest BCUT2D eigenvalue weighted by Crippen LogP contribution is 2.38. The molecule has 1 aliphatic rings. The molecule has 0 bridgehead atoms. The fourth-order valence-electron chi connectivity index (χ4n) is 4.87. The molecule has 0 radical (unpaired) electrons. The van der Waals surface area contributed by atoms with Crippen LogP contribution in [0.5, 0.6) is 5.75 Å². The number of hydrogen-bond donors (Lipinski definition) is 4. The van der Waals surface area contributed by atoms with Crippen LogP contribution in [0.4, 0.5) is 43.4 Å². The molecule has 2 aromatic carbocycles. The van der Waals surface area contributed by atoms with Crippen LogP contribution in [-0.2, 0) is 10.4 Å². The third-order valence-electron chi connectivity index (χ3n) is 7.11. The van der Waals surface area contributed by atoms with Crippen molar-refractivity contribution in [2.45, 2.75) is 38.3 Å². The molecule has 1 unspecified atom stereocenters. The summed E-state index contributed by atoms with van der Waals surface area (Å²) in [6.07, 6.45) is 4.65. The summed E-state index contributed by atoms with van der Waals surface area (Å²) in [7, 11) is 5.59. The maximum atomic E-state index is 14.1. The van der Waals surface area contributed by atoms with Crippen LogP contribution in [0.2, 0.25) is 0 Å². The predicted octanol–water partition coefficient (Wildman–Crippen LogP) is 4.53. The van der Waals surface area contributed by atoms with Gasteiger partial charge in [0, 0.05) is 37.3 Å². The second-order valence-electron chi connectivity index (χ2n) is 10.7. The molecule has 224 valence electrons. The molecule has 3 aromatic rings. The van der Waals surface area contributed by atoms with Crippen molar-refractivity contribution in [2.75, 3.05) is 55.1 Å². The molecule has 4 N–H and O–H groups in total. The zero-order valence-corrected chi connectivity index (χ0v) is 24.3. The van der Waals surface area contributed by atoms with E-state index in [0.29, 0.717) is 23.2 Å². The van der Waals surface area contributed by atoms with Crippen LogP contribution in [0.3, 0.4) is 0 Å². The van der Waals surface area contributed by atoms with Gasteiger partial charge in [0.15, 0.2) is 11.6 Å². The van der Waals surface area contributed by atoms with Crippen LogP contribution < -0.4 is 25.6 Å². The number of anilines is 6. The van der Waals surface area contributed by atoms with Crippen molar-refractivity contribution >= 4 is 40.6 Å². The largest absolute Gasteiger partial charge is 0.494 e. The van der Waals surface area contributed by atoms with Crippen LogP contribution in [0.25, 0.3) is 0 Å². The minimum atomic E-state index is -1.48. The van der Waals surface area contributed by atoms with E-state index in [9.17, 15) is 18.7 Å². The summed E-state index contributed by atoms with van der Waals surface area (Å²) in [5.74, 6) is -1.98. The summed E-state index contributed by atoms with van der Waals surface area (Å²) in [5, 5.41) is 19.3. The Labute approximate surface area is 243 Å². The van der Waals surface area contributed by atoms with Gasteiger partial charge in [-0.1, -0.05) is 6.58 Å². The van der Waals surface area contributed by atoms with E-state index < -0.39 is 17.2 Å². The van der Waals surface area contributed by atoms with Gasteiger partial charge in [-0.05, 0) is 58.5 Å². The number of aliphatic hydroxyl groups is 1. The second kappa shape index (κ2) is 12.7. The minimum Gasteiger partial charge on any atom is -0.494 e. The lowest BCUT2D eigenvalue weighted by molar-refractivity contribution is -0.111. The van der Waals surface area contributed by atoms with Crippen molar-refractivity contribution in [3.8, 4) is 5.75 Å². The van der Waals surface area contributed by atoms with Gasteiger partial charge in [-0.15, -0.1) is 0 Å². The molecule has 0 aliphatic carbocycles. The first-order valence-corrected chi connectivity index (χ1v) is 13.4. The standard InChI is InChI=1S/C29H36F2N8O3/c1-7-26(40)34-22-13-23(25(42-6)14-24(22)39(5)15-17-9-8-10-38(17)4)36-28-33-16-32-27(37-28)35-21-12-20(31)19(30)11-18(21)29(2,3)41/h7,11-14,16-17,41H,1,8-10,15H2,2-6H3,(H,34,40)(H2,32,33,35,36,37). The number of nitrogens with one attached hydrogen (secondary N) is 3. The van der Waals surface area contributed by atoms with Gasteiger partial charge in [-0.25, -0.2) is 18.7 Å². The summed E-state index contributed by atoms with van der Waals surface area (Å²) in [4.78, 5) is 29.3.